The van der Waals surface area contributed by atoms with E-state index in [-0.39, 0.29) is 23.2 Å². The lowest BCUT2D eigenvalue weighted by atomic mass is 9.78. The first kappa shape index (κ1) is 30.0. The second kappa shape index (κ2) is 12.6. The number of aromatic hydroxyl groups is 1. The van der Waals surface area contributed by atoms with Crippen molar-refractivity contribution >= 4 is 23.7 Å². The van der Waals surface area contributed by atoms with Crippen molar-refractivity contribution in [2.45, 2.75) is 71.8 Å². The molecule has 0 unspecified atom stereocenters. The molecule has 1 amide bonds. The highest BCUT2D eigenvalue weighted by atomic mass is 35.5. The Hall–Kier alpha value is -3.51. The quantitative estimate of drug-likeness (QED) is 0.216. The summed E-state index contributed by atoms with van der Waals surface area (Å²) in [5.74, 6) is 1.32. The number of hydrogen-bond acceptors (Lipinski definition) is 5. The van der Waals surface area contributed by atoms with Crippen molar-refractivity contribution in [1.29, 1.82) is 0 Å². The van der Waals surface area contributed by atoms with Crippen molar-refractivity contribution in [1.82, 2.24) is 5.43 Å². The standard InChI is InChI=1S/C32H39ClN2O4/c1-31(2,3)25-16-22(17-26(30(25)37)32(4,5)6)11-15-29(36)35-34-19-23-10-14-27(28(18-23)38-7)39-20-21-8-12-24(33)13-9-21/h8-10,12-14,16-19,37H,11,15,20H2,1-7H3,(H,35,36)/b34-19-. The molecular weight excluding hydrogens is 512 g/mol. The van der Waals surface area contributed by atoms with Crippen molar-refractivity contribution in [2.75, 3.05) is 7.11 Å². The number of phenols is 1. The third-order valence-corrected chi connectivity index (χ3v) is 6.58. The topological polar surface area (TPSA) is 80.2 Å². The van der Waals surface area contributed by atoms with Gasteiger partial charge in [-0.2, -0.15) is 5.10 Å². The van der Waals surface area contributed by atoms with Gasteiger partial charge in [-0.25, -0.2) is 5.43 Å². The van der Waals surface area contributed by atoms with Gasteiger partial charge in [-0.1, -0.05) is 77.4 Å². The van der Waals surface area contributed by atoms with Gasteiger partial charge >= 0.3 is 0 Å². The lowest BCUT2D eigenvalue weighted by Crippen LogP contribution is -2.20. The maximum absolute atomic E-state index is 12.5. The number of benzene rings is 3. The predicted molar refractivity (Wildman–Crippen MR) is 158 cm³/mol. The third kappa shape index (κ3) is 8.49. The van der Waals surface area contributed by atoms with Crippen LogP contribution in [0.2, 0.25) is 5.02 Å². The summed E-state index contributed by atoms with van der Waals surface area (Å²) in [6, 6.07) is 16.9. The van der Waals surface area contributed by atoms with Crippen LogP contribution in [0.15, 0.2) is 59.7 Å². The zero-order valence-electron chi connectivity index (χ0n) is 23.9. The fraction of sp³-hybridized carbons (Fsp3) is 0.375. The summed E-state index contributed by atoms with van der Waals surface area (Å²) in [6.45, 7) is 12.8. The summed E-state index contributed by atoms with van der Waals surface area (Å²) in [6.07, 6.45) is 2.39. The number of carbonyl (C=O) groups is 1. The van der Waals surface area contributed by atoms with E-state index in [4.69, 9.17) is 21.1 Å². The Morgan fingerprint density at radius 3 is 2.10 bits per heavy atom. The molecule has 6 nitrogen and oxygen atoms in total. The van der Waals surface area contributed by atoms with Crippen molar-refractivity contribution in [2.24, 2.45) is 5.10 Å². The van der Waals surface area contributed by atoms with Gasteiger partial charge in [0.05, 0.1) is 13.3 Å². The van der Waals surface area contributed by atoms with Crippen LogP contribution in [0.4, 0.5) is 0 Å². The lowest BCUT2D eigenvalue weighted by molar-refractivity contribution is -0.121. The molecule has 0 bridgehead atoms. The van der Waals surface area contributed by atoms with E-state index in [1.807, 2.05) is 48.5 Å². The van der Waals surface area contributed by atoms with Crippen LogP contribution in [0, 0.1) is 0 Å². The number of rotatable bonds is 9. The highest BCUT2D eigenvalue weighted by Gasteiger charge is 2.26. The molecular formula is C32H39ClN2O4. The summed E-state index contributed by atoms with van der Waals surface area (Å²) in [4.78, 5) is 12.5. The molecule has 0 aromatic heterocycles. The Morgan fingerprint density at radius 1 is 0.923 bits per heavy atom. The van der Waals surface area contributed by atoms with Crippen LogP contribution in [-0.2, 0) is 28.7 Å². The normalized spacial score (nSPS) is 12.0. The van der Waals surface area contributed by atoms with Gasteiger partial charge < -0.3 is 14.6 Å². The van der Waals surface area contributed by atoms with Gasteiger partial charge in [0.25, 0.3) is 0 Å². The molecule has 0 radical (unpaired) electrons. The number of nitrogens with one attached hydrogen (secondary N) is 1. The van der Waals surface area contributed by atoms with Crippen LogP contribution in [0.3, 0.4) is 0 Å². The number of nitrogens with zero attached hydrogens (tertiary/aromatic N) is 1. The number of amides is 1. The molecule has 208 valence electrons. The molecule has 3 aromatic rings. The van der Waals surface area contributed by atoms with Crippen LogP contribution < -0.4 is 14.9 Å². The van der Waals surface area contributed by atoms with Crippen LogP contribution in [0.1, 0.15) is 75.8 Å². The van der Waals surface area contributed by atoms with Crippen molar-refractivity contribution in [3.63, 3.8) is 0 Å². The predicted octanol–water partition coefficient (Wildman–Crippen LogP) is 7.31. The summed E-state index contributed by atoms with van der Waals surface area (Å²) in [5, 5.41) is 15.7. The van der Waals surface area contributed by atoms with Gasteiger partial charge in [-0.15, -0.1) is 0 Å². The number of hydrogen-bond donors (Lipinski definition) is 2. The number of phenolic OH excluding ortho intramolecular Hbond substituents is 1. The molecule has 7 heteroatoms. The average Bonchev–Trinajstić information content (AvgIpc) is 2.86. The molecule has 0 heterocycles. The Kier molecular flexibility index (Phi) is 9.68. The van der Waals surface area contributed by atoms with Crippen molar-refractivity contribution in [3.05, 3.63) is 87.4 Å². The van der Waals surface area contributed by atoms with Gasteiger partial charge in [0.2, 0.25) is 5.91 Å². The summed E-state index contributed by atoms with van der Waals surface area (Å²) in [5.41, 5.74) is 6.71. The van der Waals surface area contributed by atoms with Crippen LogP contribution in [-0.4, -0.2) is 24.3 Å². The van der Waals surface area contributed by atoms with E-state index in [0.717, 1.165) is 27.8 Å². The SMILES string of the molecule is COc1cc(/C=N\NC(=O)CCc2cc(C(C)(C)C)c(O)c(C(C)(C)C)c2)ccc1OCc1ccc(Cl)cc1. The first-order valence-electron chi connectivity index (χ1n) is 13.0. The molecule has 0 fully saturated rings. The van der Waals surface area contributed by atoms with Gasteiger partial charge in [0, 0.05) is 11.4 Å². The minimum absolute atomic E-state index is 0.191. The maximum Gasteiger partial charge on any atom is 0.240 e. The van der Waals surface area contributed by atoms with Crippen LogP contribution in [0.25, 0.3) is 0 Å². The second-order valence-electron chi connectivity index (χ2n) is 11.7. The third-order valence-electron chi connectivity index (χ3n) is 6.32. The molecule has 0 aliphatic heterocycles. The zero-order chi connectivity index (χ0) is 28.8. The Labute approximate surface area is 237 Å². The molecule has 3 rings (SSSR count). The first-order valence-corrected chi connectivity index (χ1v) is 13.4. The van der Waals surface area contributed by atoms with E-state index >= 15 is 0 Å². The molecule has 0 atom stereocenters. The Morgan fingerprint density at radius 2 is 1.54 bits per heavy atom. The van der Waals surface area contributed by atoms with Gasteiger partial charge in [0.1, 0.15) is 12.4 Å². The summed E-state index contributed by atoms with van der Waals surface area (Å²) < 4.78 is 11.4. The Balaban J connectivity index is 1.61. The number of methoxy groups -OCH3 is 1. The first-order chi connectivity index (χ1) is 18.3. The number of halogens is 1. The Bertz CT molecular complexity index is 1280. The fourth-order valence-electron chi connectivity index (χ4n) is 4.10. The highest BCUT2D eigenvalue weighted by Crippen LogP contribution is 2.40. The summed E-state index contributed by atoms with van der Waals surface area (Å²) >= 11 is 5.94. The monoisotopic (exact) mass is 550 g/mol. The summed E-state index contributed by atoms with van der Waals surface area (Å²) in [7, 11) is 1.58. The molecule has 3 aromatic carbocycles. The molecule has 0 aliphatic rings. The fourth-order valence-corrected chi connectivity index (χ4v) is 4.23. The minimum Gasteiger partial charge on any atom is -0.507 e. The smallest absolute Gasteiger partial charge is 0.240 e. The average molecular weight is 551 g/mol. The lowest BCUT2D eigenvalue weighted by Gasteiger charge is -2.28. The molecule has 0 aliphatic carbocycles. The molecule has 0 saturated carbocycles. The molecule has 0 spiro atoms. The largest absolute Gasteiger partial charge is 0.507 e. The highest BCUT2D eigenvalue weighted by molar-refractivity contribution is 6.30. The minimum atomic E-state index is -0.218. The van der Waals surface area contributed by atoms with Crippen LogP contribution in [0.5, 0.6) is 17.2 Å². The van der Waals surface area contributed by atoms with E-state index in [2.05, 4.69) is 52.1 Å². The second-order valence-corrected chi connectivity index (χ2v) is 12.1. The number of hydrazone groups is 1. The van der Waals surface area contributed by atoms with Gasteiger partial charge in [-0.05, 0) is 75.4 Å². The van der Waals surface area contributed by atoms with Gasteiger partial charge in [0.15, 0.2) is 11.5 Å². The van der Waals surface area contributed by atoms with Crippen LogP contribution >= 0.6 is 11.6 Å². The number of ether oxygens (including phenoxy) is 2. The molecule has 39 heavy (non-hydrogen) atoms. The zero-order valence-corrected chi connectivity index (χ0v) is 24.6. The van der Waals surface area contributed by atoms with E-state index in [1.165, 1.54) is 0 Å². The van der Waals surface area contributed by atoms with Gasteiger partial charge in [-0.3, -0.25) is 4.79 Å². The van der Waals surface area contributed by atoms with E-state index in [0.29, 0.717) is 35.3 Å². The van der Waals surface area contributed by atoms with E-state index in [9.17, 15) is 9.90 Å². The molecule has 2 N–H and O–H groups in total. The number of aryl methyl sites for hydroxylation is 1. The maximum atomic E-state index is 12.5. The van der Waals surface area contributed by atoms with Crippen molar-refractivity contribution in [3.8, 4) is 17.2 Å². The van der Waals surface area contributed by atoms with Crippen molar-refractivity contribution < 1.29 is 19.4 Å². The molecule has 0 saturated heterocycles. The number of carbonyl (C=O) groups excluding carboxylic acids is 1. The van der Waals surface area contributed by atoms with E-state index in [1.54, 1.807) is 19.4 Å². The van der Waals surface area contributed by atoms with E-state index < -0.39 is 0 Å².